The van der Waals surface area contributed by atoms with Gasteiger partial charge in [0.25, 0.3) is 0 Å². The van der Waals surface area contributed by atoms with Crippen molar-refractivity contribution in [2.75, 3.05) is 0 Å². The summed E-state index contributed by atoms with van der Waals surface area (Å²) < 4.78 is 0. The van der Waals surface area contributed by atoms with E-state index in [0.29, 0.717) is 11.6 Å². The zero-order chi connectivity index (χ0) is 13.8. The quantitative estimate of drug-likeness (QED) is 0.800. The molecule has 0 aromatic heterocycles. The molecule has 3 nitrogen and oxygen atoms in total. The van der Waals surface area contributed by atoms with Crippen LogP contribution in [0, 0.1) is 0 Å². The first-order chi connectivity index (χ1) is 9.06. The fourth-order valence-corrected chi connectivity index (χ4v) is 2.14. The molecule has 1 atom stereocenters. The van der Waals surface area contributed by atoms with Crippen LogP contribution in [0.3, 0.4) is 0 Å². The lowest BCUT2D eigenvalue weighted by Gasteiger charge is -2.16. The Balaban J connectivity index is 2.03. The molecule has 2 aromatic rings. The molecule has 3 N–H and O–H groups in total. The van der Waals surface area contributed by atoms with Crippen LogP contribution < -0.4 is 5.32 Å². The monoisotopic (exact) mass is 277 g/mol. The Bertz CT molecular complexity index is 572. The van der Waals surface area contributed by atoms with Crippen molar-refractivity contribution in [3.05, 3.63) is 58.6 Å². The number of hydrogen-bond acceptors (Lipinski definition) is 3. The van der Waals surface area contributed by atoms with Crippen molar-refractivity contribution >= 4 is 11.6 Å². The Kier molecular flexibility index (Phi) is 4.30. The highest BCUT2D eigenvalue weighted by atomic mass is 35.5. The molecular weight excluding hydrogens is 262 g/mol. The second-order valence-electron chi connectivity index (χ2n) is 4.48. The van der Waals surface area contributed by atoms with E-state index in [-0.39, 0.29) is 17.5 Å². The van der Waals surface area contributed by atoms with E-state index >= 15 is 0 Å². The third-order valence-corrected chi connectivity index (χ3v) is 3.22. The first-order valence-corrected chi connectivity index (χ1v) is 6.44. The number of phenols is 2. The van der Waals surface area contributed by atoms with E-state index in [9.17, 15) is 10.2 Å². The number of rotatable bonds is 4. The molecule has 100 valence electrons. The van der Waals surface area contributed by atoms with Crippen LogP contribution in [-0.2, 0) is 6.54 Å². The second kappa shape index (κ2) is 5.95. The Hall–Kier alpha value is -1.71. The van der Waals surface area contributed by atoms with Gasteiger partial charge in [-0.05, 0) is 30.7 Å². The molecule has 2 aromatic carbocycles. The van der Waals surface area contributed by atoms with Crippen LogP contribution in [0.4, 0.5) is 0 Å². The predicted octanol–water partition coefficient (Wildman–Crippen LogP) is 3.60. The van der Waals surface area contributed by atoms with Gasteiger partial charge in [-0.1, -0.05) is 29.8 Å². The van der Waals surface area contributed by atoms with Crippen LogP contribution in [0.25, 0.3) is 0 Å². The number of aromatic hydroxyl groups is 2. The standard InChI is InChI=1S/C15H16ClNO2/c1-10(14-6-5-13(18)8-15(14)19)17-9-11-3-2-4-12(16)7-11/h2-8,10,17-19H,9H2,1H3. The fraction of sp³-hybridized carbons (Fsp3) is 0.200. The van der Waals surface area contributed by atoms with E-state index < -0.39 is 0 Å². The van der Waals surface area contributed by atoms with Crippen LogP contribution in [-0.4, -0.2) is 10.2 Å². The summed E-state index contributed by atoms with van der Waals surface area (Å²) in [6, 6.07) is 12.2. The number of hydrogen-bond donors (Lipinski definition) is 3. The van der Waals surface area contributed by atoms with Gasteiger partial charge in [-0.2, -0.15) is 0 Å². The van der Waals surface area contributed by atoms with E-state index in [2.05, 4.69) is 5.32 Å². The van der Waals surface area contributed by atoms with E-state index in [1.165, 1.54) is 6.07 Å². The highest BCUT2D eigenvalue weighted by Gasteiger charge is 2.10. The molecule has 1 unspecified atom stereocenters. The lowest BCUT2D eigenvalue weighted by atomic mass is 10.1. The van der Waals surface area contributed by atoms with Gasteiger partial charge in [-0.15, -0.1) is 0 Å². The van der Waals surface area contributed by atoms with Gasteiger partial charge in [0.2, 0.25) is 0 Å². The summed E-state index contributed by atoms with van der Waals surface area (Å²) in [5, 5.41) is 23.1. The Morgan fingerprint density at radius 3 is 2.63 bits per heavy atom. The van der Waals surface area contributed by atoms with E-state index in [1.807, 2.05) is 31.2 Å². The van der Waals surface area contributed by atoms with Crippen molar-refractivity contribution in [2.24, 2.45) is 0 Å². The van der Waals surface area contributed by atoms with Crippen LogP contribution in [0.5, 0.6) is 11.5 Å². The second-order valence-corrected chi connectivity index (χ2v) is 4.91. The van der Waals surface area contributed by atoms with Crippen molar-refractivity contribution < 1.29 is 10.2 Å². The predicted molar refractivity (Wildman–Crippen MR) is 76.5 cm³/mol. The highest BCUT2D eigenvalue weighted by Crippen LogP contribution is 2.27. The Morgan fingerprint density at radius 1 is 1.16 bits per heavy atom. The molecule has 0 bridgehead atoms. The van der Waals surface area contributed by atoms with E-state index in [0.717, 1.165) is 11.1 Å². The maximum Gasteiger partial charge on any atom is 0.124 e. The van der Waals surface area contributed by atoms with Gasteiger partial charge in [0, 0.05) is 29.2 Å². The molecule has 0 saturated carbocycles. The minimum Gasteiger partial charge on any atom is -0.508 e. The van der Waals surface area contributed by atoms with Gasteiger partial charge in [-0.25, -0.2) is 0 Å². The number of nitrogens with one attached hydrogen (secondary N) is 1. The zero-order valence-electron chi connectivity index (χ0n) is 10.6. The molecule has 0 saturated heterocycles. The molecule has 0 fully saturated rings. The summed E-state index contributed by atoms with van der Waals surface area (Å²) >= 11 is 5.92. The smallest absolute Gasteiger partial charge is 0.124 e. The first kappa shape index (κ1) is 13.7. The summed E-state index contributed by atoms with van der Waals surface area (Å²) in [5.41, 5.74) is 1.83. The Morgan fingerprint density at radius 2 is 1.95 bits per heavy atom. The van der Waals surface area contributed by atoms with E-state index in [4.69, 9.17) is 11.6 Å². The highest BCUT2D eigenvalue weighted by molar-refractivity contribution is 6.30. The van der Waals surface area contributed by atoms with Gasteiger partial charge in [0.1, 0.15) is 11.5 Å². The van der Waals surface area contributed by atoms with Gasteiger partial charge in [0.15, 0.2) is 0 Å². The third kappa shape index (κ3) is 3.63. The van der Waals surface area contributed by atoms with E-state index in [1.54, 1.807) is 12.1 Å². The number of phenolic OH excluding ortho intramolecular Hbond substituents is 2. The molecule has 19 heavy (non-hydrogen) atoms. The third-order valence-electron chi connectivity index (χ3n) is 2.98. The first-order valence-electron chi connectivity index (χ1n) is 6.06. The largest absolute Gasteiger partial charge is 0.508 e. The summed E-state index contributed by atoms with van der Waals surface area (Å²) in [6.45, 7) is 2.61. The summed E-state index contributed by atoms with van der Waals surface area (Å²) in [7, 11) is 0. The molecule has 0 aliphatic rings. The van der Waals surface area contributed by atoms with Crippen LogP contribution in [0.1, 0.15) is 24.1 Å². The Labute approximate surface area is 117 Å². The van der Waals surface area contributed by atoms with Crippen molar-refractivity contribution in [2.45, 2.75) is 19.5 Å². The number of benzene rings is 2. The normalized spacial score (nSPS) is 12.3. The van der Waals surface area contributed by atoms with Gasteiger partial charge in [0.05, 0.1) is 0 Å². The minimum absolute atomic E-state index is 0.0282. The van der Waals surface area contributed by atoms with Crippen molar-refractivity contribution in [1.29, 1.82) is 0 Å². The van der Waals surface area contributed by atoms with Crippen LogP contribution >= 0.6 is 11.6 Å². The molecule has 0 aliphatic carbocycles. The molecule has 0 spiro atoms. The van der Waals surface area contributed by atoms with Gasteiger partial charge in [-0.3, -0.25) is 0 Å². The molecule has 2 rings (SSSR count). The van der Waals surface area contributed by atoms with Crippen LogP contribution in [0.2, 0.25) is 5.02 Å². The molecular formula is C15H16ClNO2. The van der Waals surface area contributed by atoms with Gasteiger partial charge < -0.3 is 15.5 Å². The lowest BCUT2D eigenvalue weighted by Crippen LogP contribution is -2.18. The molecule has 0 radical (unpaired) electrons. The van der Waals surface area contributed by atoms with Crippen molar-refractivity contribution in [3.8, 4) is 11.5 Å². The van der Waals surface area contributed by atoms with Crippen LogP contribution in [0.15, 0.2) is 42.5 Å². The topological polar surface area (TPSA) is 52.5 Å². The fourth-order valence-electron chi connectivity index (χ4n) is 1.93. The molecule has 0 amide bonds. The SMILES string of the molecule is CC(NCc1cccc(Cl)c1)c1ccc(O)cc1O. The minimum atomic E-state index is -0.0282. The molecule has 0 heterocycles. The maximum absolute atomic E-state index is 9.78. The summed E-state index contributed by atoms with van der Waals surface area (Å²) in [5.74, 6) is 0.148. The summed E-state index contributed by atoms with van der Waals surface area (Å²) in [6.07, 6.45) is 0. The van der Waals surface area contributed by atoms with Crippen molar-refractivity contribution in [1.82, 2.24) is 5.32 Å². The molecule has 0 aliphatic heterocycles. The average Bonchev–Trinajstić information content (AvgIpc) is 2.36. The average molecular weight is 278 g/mol. The van der Waals surface area contributed by atoms with Gasteiger partial charge >= 0.3 is 0 Å². The van der Waals surface area contributed by atoms with Crippen molar-refractivity contribution in [3.63, 3.8) is 0 Å². The zero-order valence-corrected chi connectivity index (χ0v) is 11.4. The number of halogens is 1. The lowest BCUT2D eigenvalue weighted by molar-refractivity contribution is 0.436. The summed E-state index contributed by atoms with van der Waals surface area (Å²) in [4.78, 5) is 0. The molecule has 4 heteroatoms. The maximum atomic E-state index is 9.78.